The first-order chi connectivity index (χ1) is 12.7. The van der Waals surface area contributed by atoms with E-state index in [1.165, 1.54) is 11.3 Å². The summed E-state index contributed by atoms with van der Waals surface area (Å²) >= 11 is 1.36. The number of rotatable bonds is 4. The number of imidazole rings is 1. The molecule has 0 unspecified atom stereocenters. The highest BCUT2D eigenvalue weighted by molar-refractivity contribution is 7.15. The highest BCUT2D eigenvalue weighted by atomic mass is 32.1. The van der Waals surface area contributed by atoms with Crippen molar-refractivity contribution in [3.05, 3.63) is 62.9 Å². The largest absolute Gasteiger partial charge is 0.493 e. The molecule has 2 aromatic heterocycles. The summed E-state index contributed by atoms with van der Waals surface area (Å²) in [6, 6.07) is 13.1. The predicted octanol–water partition coefficient (Wildman–Crippen LogP) is 2.48. The quantitative estimate of drug-likeness (QED) is 0.524. The summed E-state index contributed by atoms with van der Waals surface area (Å²) in [7, 11) is 1.56. The average molecular weight is 362 g/mol. The predicted molar refractivity (Wildman–Crippen MR) is 103 cm³/mol. The van der Waals surface area contributed by atoms with Crippen LogP contribution >= 0.6 is 11.3 Å². The van der Waals surface area contributed by atoms with E-state index in [2.05, 4.69) is 10.9 Å². The summed E-state index contributed by atoms with van der Waals surface area (Å²) in [5.74, 6) is 3.55. The van der Waals surface area contributed by atoms with Crippen LogP contribution in [0.3, 0.4) is 0 Å². The molecule has 0 saturated heterocycles. The normalized spacial score (nSPS) is 11.8. The van der Waals surface area contributed by atoms with Crippen molar-refractivity contribution in [2.75, 3.05) is 13.7 Å². The Labute approximate surface area is 153 Å². The lowest BCUT2D eigenvalue weighted by Gasteiger charge is -2.08. The molecule has 0 aliphatic heterocycles. The summed E-state index contributed by atoms with van der Waals surface area (Å²) in [6.07, 6.45) is 7.04. The Morgan fingerprint density at radius 2 is 2.12 bits per heavy atom. The number of para-hydroxylation sites is 2. The SMILES string of the molecule is C#CCOc1ccc(C=c2sc3nc4ccccc4n3c2=O)cc1OC. The third-order valence-electron chi connectivity index (χ3n) is 3.94. The molecule has 26 heavy (non-hydrogen) atoms. The van der Waals surface area contributed by atoms with E-state index in [9.17, 15) is 4.79 Å². The van der Waals surface area contributed by atoms with Gasteiger partial charge in [0.15, 0.2) is 16.5 Å². The highest BCUT2D eigenvalue weighted by Gasteiger charge is 2.11. The Balaban J connectivity index is 1.82. The Morgan fingerprint density at radius 3 is 2.92 bits per heavy atom. The molecule has 0 N–H and O–H groups in total. The molecule has 5 nitrogen and oxygen atoms in total. The zero-order valence-electron chi connectivity index (χ0n) is 13.9. The zero-order chi connectivity index (χ0) is 18.1. The molecule has 0 atom stereocenters. The number of ether oxygens (including phenoxy) is 2. The van der Waals surface area contributed by atoms with Crippen molar-refractivity contribution in [1.29, 1.82) is 0 Å². The number of hydrogen-bond acceptors (Lipinski definition) is 5. The van der Waals surface area contributed by atoms with Gasteiger partial charge in [-0.25, -0.2) is 9.38 Å². The Kier molecular flexibility index (Phi) is 4.07. The molecular formula is C20H14N2O3S. The number of terminal acetylenes is 1. The van der Waals surface area contributed by atoms with E-state index in [4.69, 9.17) is 15.9 Å². The summed E-state index contributed by atoms with van der Waals surface area (Å²) < 4.78 is 13.0. The maximum atomic E-state index is 12.8. The van der Waals surface area contributed by atoms with Crippen molar-refractivity contribution >= 4 is 33.4 Å². The molecule has 2 heterocycles. The third kappa shape index (κ3) is 2.68. The minimum Gasteiger partial charge on any atom is -0.493 e. The van der Waals surface area contributed by atoms with E-state index in [0.29, 0.717) is 21.0 Å². The van der Waals surface area contributed by atoms with Crippen molar-refractivity contribution in [1.82, 2.24) is 9.38 Å². The van der Waals surface area contributed by atoms with Crippen LogP contribution in [0.2, 0.25) is 0 Å². The summed E-state index contributed by atoms with van der Waals surface area (Å²) in [6.45, 7) is 0.166. The van der Waals surface area contributed by atoms with Crippen LogP contribution in [0.25, 0.3) is 22.1 Å². The Morgan fingerprint density at radius 1 is 1.27 bits per heavy atom. The molecule has 128 valence electrons. The van der Waals surface area contributed by atoms with Crippen molar-refractivity contribution in [2.24, 2.45) is 0 Å². The van der Waals surface area contributed by atoms with Crippen LogP contribution in [0.5, 0.6) is 11.5 Å². The molecule has 4 aromatic rings. The standard InChI is InChI=1S/C20H14N2O3S/c1-3-10-25-16-9-8-13(11-17(16)24-2)12-18-19(23)22-15-7-5-4-6-14(15)21-20(22)26-18/h1,4-9,11-12H,10H2,2H3. The molecule has 0 bridgehead atoms. The first-order valence-corrected chi connectivity index (χ1v) is 8.69. The van der Waals surface area contributed by atoms with Crippen LogP contribution in [0.15, 0.2) is 47.3 Å². The van der Waals surface area contributed by atoms with E-state index in [0.717, 1.165) is 16.6 Å². The smallest absolute Gasteiger partial charge is 0.274 e. The number of benzene rings is 2. The van der Waals surface area contributed by atoms with Crippen molar-refractivity contribution in [3.63, 3.8) is 0 Å². The summed E-state index contributed by atoms with van der Waals surface area (Å²) in [5, 5.41) is 0. The van der Waals surface area contributed by atoms with Gasteiger partial charge in [0.1, 0.15) is 6.61 Å². The van der Waals surface area contributed by atoms with Crippen LogP contribution in [-0.4, -0.2) is 23.1 Å². The van der Waals surface area contributed by atoms with E-state index in [1.54, 1.807) is 17.6 Å². The molecule has 0 amide bonds. The molecule has 0 saturated carbocycles. The fraction of sp³-hybridized carbons (Fsp3) is 0.100. The van der Waals surface area contributed by atoms with Gasteiger partial charge in [0.05, 0.1) is 22.7 Å². The lowest BCUT2D eigenvalue weighted by Crippen LogP contribution is -2.22. The van der Waals surface area contributed by atoms with Crippen LogP contribution < -0.4 is 19.6 Å². The van der Waals surface area contributed by atoms with E-state index in [-0.39, 0.29) is 12.2 Å². The van der Waals surface area contributed by atoms with Gasteiger partial charge < -0.3 is 9.47 Å². The van der Waals surface area contributed by atoms with Gasteiger partial charge in [-0.15, -0.1) is 6.42 Å². The first kappa shape index (κ1) is 16.2. The van der Waals surface area contributed by atoms with Gasteiger partial charge in [0.2, 0.25) is 0 Å². The Hall–Kier alpha value is -3.30. The van der Waals surface area contributed by atoms with Crippen LogP contribution in [0, 0.1) is 12.3 Å². The molecule has 0 spiro atoms. The molecular weight excluding hydrogens is 348 g/mol. The second kappa shape index (κ2) is 6.54. The number of hydrogen-bond donors (Lipinski definition) is 0. The lowest BCUT2D eigenvalue weighted by atomic mass is 10.2. The first-order valence-electron chi connectivity index (χ1n) is 7.87. The fourth-order valence-corrected chi connectivity index (χ4v) is 3.76. The van der Waals surface area contributed by atoms with Gasteiger partial charge in [-0.2, -0.15) is 0 Å². The van der Waals surface area contributed by atoms with Gasteiger partial charge in [0.25, 0.3) is 5.56 Å². The molecule has 2 aromatic carbocycles. The monoisotopic (exact) mass is 362 g/mol. The van der Waals surface area contributed by atoms with Gasteiger partial charge in [0, 0.05) is 0 Å². The van der Waals surface area contributed by atoms with Gasteiger partial charge >= 0.3 is 0 Å². The minimum atomic E-state index is -0.0784. The highest BCUT2D eigenvalue weighted by Crippen LogP contribution is 2.28. The number of aromatic nitrogens is 2. The van der Waals surface area contributed by atoms with Crippen LogP contribution in [0.4, 0.5) is 0 Å². The van der Waals surface area contributed by atoms with Crippen molar-refractivity contribution < 1.29 is 9.47 Å². The minimum absolute atomic E-state index is 0.0784. The number of fused-ring (bicyclic) bond motifs is 3. The number of nitrogens with zero attached hydrogens (tertiary/aromatic N) is 2. The van der Waals surface area contributed by atoms with Gasteiger partial charge in [-0.1, -0.05) is 35.5 Å². The van der Waals surface area contributed by atoms with Crippen molar-refractivity contribution in [2.45, 2.75) is 0 Å². The molecule has 6 heteroatoms. The second-order valence-corrected chi connectivity index (χ2v) is 6.55. The molecule has 0 aliphatic rings. The maximum absolute atomic E-state index is 12.8. The lowest BCUT2D eigenvalue weighted by molar-refractivity contribution is 0.331. The number of thiazole rings is 1. The summed E-state index contributed by atoms with van der Waals surface area (Å²) in [5.41, 5.74) is 2.39. The molecule has 0 aliphatic carbocycles. The van der Waals surface area contributed by atoms with E-state index < -0.39 is 0 Å². The Bertz CT molecular complexity index is 1260. The molecule has 4 rings (SSSR count). The molecule has 0 fully saturated rings. The van der Waals surface area contributed by atoms with Gasteiger partial charge in [-0.05, 0) is 35.9 Å². The van der Waals surface area contributed by atoms with Crippen LogP contribution in [0.1, 0.15) is 5.56 Å². The second-order valence-electron chi connectivity index (χ2n) is 5.54. The molecule has 0 radical (unpaired) electrons. The third-order valence-corrected chi connectivity index (χ3v) is 4.91. The van der Waals surface area contributed by atoms with Crippen molar-refractivity contribution in [3.8, 4) is 23.8 Å². The summed E-state index contributed by atoms with van der Waals surface area (Å²) in [4.78, 5) is 18.0. The fourth-order valence-electron chi connectivity index (χ4n) is 2.78. The van der Waals surface area contributed by atoms with Gasteiger partial charge in [-0.3, -0.25) is 4.79 Å². The zero-order valence-corrected chi connectivity index (χ0v) is 14.7. The maximum Gasteiger partial charge on any atom is 0.274 e. The number of methoxy groups -OCH3 is 1. The van der Waals surface area contributed by atoms with E-state index in [1.807, 2.05) is 42.5 Å². The van der Waals surface area contributed by atoms with E-state index >= 15 is 0 Å². The van der Waals surface area contributed by atoms with Crippen LogP contribution in [-0.2, 0) is 0 Å². The average Bonchev–Trinajstić information content (AvgIpc) is 3.17. The topological polar surface area (TPSA) is 52.8 Å².